The minimum absolute atomic E-state index is 0.101. The molecule has 1 rings (SSSR count). The van der Waals surface area contributed by atoms with Gasteiger partial charge in [-0.1, -0.05) is 13.8 Å². The van der Waals surface area contributed by atoms with E-state index in [9.17, 15) is 0 Å². The first-order chi connectivity index (χ1) is 6.70. The molecule has 2 unspecified atom stereocenters. The van der Waals surface area contributed by atoms with Gasteiger partial charge in [0.25, 0.3) is 0 Å². The summed E-state index contributed by atoms with van der Waals surface area (Å²) < 4.78 is 5.42. The van der Waals surface area contributed by atoms with E-state index in [2.05, 4.69) is 18.7 Å². The van der Waals surface area contributed by atoms with Crippen molar-refractivity contribution < 1.29 is 4.74 Å². The lowest BCUT2D eigenvalue weighted by molar-refractivity contribution is -0.0186. The fourth-order valence-corrected chi connectivity index (χ4v) is 2.06. The Bertz CT molecular complexity index is 196. The summed E-state index contributed by atoms with van der Waals surface area (Å²) in [6, 6.07) is 0.529. The largest absolute Gasteiger partial charge is 0.386 e. The van der Waals surface area contributed by atoms with Crippen LogP contribution in [0.2, 0.25) is 0 Å². The topological polar surface area (TPSA) is 62.3 Å². The highest BCUT2D eigenvalue weighted by Crippen LogP contribution is 2.15. The number of hydrogen-bond donors (Lipinski definition) is 2. The molecule has 1 fully saturated rings. The molecule has 1 heterocycles. The summed E-state index contributed by atoms with van der Waals surface area (Å²) in [4.78, 5) is 2.31. The maximum atomic E-state index is 7.55. The molecule has 0 aliphatic carbocycles. The molecule has 14 heavy (non-hydrogen) atoms. The molecule has 0 saturated carbocycles. The quantitative estimate of drug-likeness (QED) is 0.520. The van der Waals surface area contributed by atoms with Gasteiger partial charge in [0, 0.05) is 12.6 Å². The molecule has 4 nitrogen and oxygen atoms in total. The summed E-state index contributed by atoms with van der Waals surface area (Å²) >= 11 is 0. The average molecular weight is 199 g/mol. The van der Waals surface area contributed by atoms with Gasteiger partial charge >= 0.3 is 0 Å². The molecule has 3 N–H and O–H groups in total. The van der Waals surface area contributed by atoms with Crippen LogP contribution >= 0.6 is 0 Å². The van der Waals surface area contributed by atoms with Crippen LogP contribution in [0, 0.1) is 5.41 Å². The van der Waals surface area contributed by atoms with E-state index < -0.39 is 0 Å². The van der Waals surface area contributed by atoms with Crippen molar-refractivity contribution in [2.24, 2.45) is 5.73 Å². The predicted molar refractivity (Wildman–Crippen MR) is 57.6 cm³/mol. The smallest absolute Gasteiger partial charge is 0.108 e. The summed E-state index contributed by atoms with van der Waals surface area (Å²) in [5, 5.41) is 7.55. The summed E-state index contributed by atoms with van der Waals surface area (Å²) in [6.07, 6.45) is 1.97. The Hall–Kier alpha value is -0.610. The van der Waals surface area contributed by atoms with Crippen molar-refractivity contribution in [3.8, 4) is 0 Å². The molecule has 0 amide bonds. The summed E-state index contributed by atoms with van der Waals surface area (Å²) in [5.74, 6) is 0.285. The van der Waals surface area contributed by atoms with Crippen molar-refractivity contribution in [2.45, 2.75) is 38.8 Å². The van der Waals surface area contributed by atoms with Crippen LogP contribution in [0.1, 0.15) is 26.7 Å². The van der Waals surface area contributed by atoms with Crippen molar-refractivity contribution in [2.75, 3.05) is 19.8 Å². The maximum Gasteiger partial charge on any atom is 0.108 e. The minimum Gasteiger partial charge on any atom is -0.386 e. The summed E-state index contributed by atoms with van der Waals surface area (Å²) in [6.45, 7) is 6.67. The molecule has 0 aromatic heterocycles. The summed E-state index contributed by atoms with van der Waals surface area (Å²) in [5.41, 5.74) is 5.60. The number of morpholine rings is 1. The highest BCUT2D eigenvalue weighted by molar-refractivity contribution is 5.82. The van der Waals surface area contributed by atoms with Crippen LogP contribution in [-0.2, 0) is 4.74 Å². The van der Waals surface area contributed by atoms with E-state index >= 15 is 0 Å². The van der Waals surface area contributed by atoms with Crippen molar-refractivity contribution in [1.82, 2.24) is 4.90 Å². The van der Waals surface area contributed by atoms with Crippen LogP contribution in [0.4, 0.5) is 0 Å². The SMILES string of the molecule is CCC1COCCN1C(CC)C(=N)N. The fraction of sp³-hybridized carbons (Fsp3) is 0.900. The van der Waals surface area contributed by atoms with E-state index in [1.165, 1.54) is 0 Å². The van der Waals surface area contributed by atoms with E-state index in [-0.39, 0.29) is 11.9 Å². The Kier molecular flexibility index (Phi) is 4.35. The second-order valence-corrected chi connectivity index (χ2v) is 3.75. The highest BCUT2D eigenvalue weighted by atomic mass is 16.5. The number of nitrogens with two attached hydrogens (primary N) is 1. The molecule has 1 saturated heterocycles. The van der Waals surface area contributed by atoms with Gasteiger partial charge in [0.1, 0.15) is 5.84 Å². The molecular weight excluding hydrogens is 178 g/mol. The Morgan fingerprint density at radius 2 is 2.36 bits per heavy atom. The lowest BCUT2D eigenvalue weighted by Gasteiger charge is -2.39. The minimum atomic E-state index is 0.101. The maximum absolute atomic E-state index is 7.55. The van der Waals surface area contributed by atoms with Gasteiger partial charge in [-0.2, -0.15) is 0 Å². The number of nitrogens with one attached hydrogen (secondary N) is 1. The molecule has 0 bridgehead atoms. The average Bonchev–Trinajstić information content (AvgIpc) is 2.19. The Morgan fingerprint density at radius 3 is 2.86 bits per heavy atom. The lowest BCUT2D eigenvalue weighted by atomic mass is 10.1. The number of rotatable bonds is 4. The van der Waals surface area contributed by atoms with Crippen LogP contribution in [0.25, 0.3) is 0 Å². The number of ether oxygens (including phenoxy) is 1. The van der Waals surface area contributed by atoms with Gasteiger partial charge in [0.15, 0.2) is 0 Å². The van der Waals surface area contributed by atoms with Crippen LogP contribution in [-0.4, -0.2) is 42.6 Å². The molecule has 0 spiro atoms. The second kappa shape index (κ2) is 5.32. The first kappa shape index (κ1) is 11.5. The molecular formula is C10H21N3O. The van der Waals surface area contributed by atoms with Crippen molar-refractivity contribution in [1.29, 1.82) is 5.41 Å². The molecule has 0 aromatic rings. The van der Waals surface area contributed by atoms with E-state index in [0.717, 1.165) is 32.6 Å². The number of hydrogen-bond acceptors (Lipinski definition) is 3. The van der Waals surface area contributed by atoms with Crippen molar-refractivity contribution in [3.05, 3.63) is 0 Å². The van der Waals surface area contributed by atoms with Gasteiger partial charge in [-0.3, -0.25) is 10.3 Å². The van der Waals surface area contributed by atoms with Crippen LogP contribution < -0.4 is 5.73 Å². The first-order valence-electron chi connectivity index (χ1n) is 5.38. The first-order valence-corrected chi connectivity index (χ1v) is 5.38. The van der Waals surface area contributed by atoms with Gasteiger partial charge in [-0.05, 0) is 12.8 Å². The molecule has 4 heteroatoms. The van der Waals surface area contributed by atoms with E-state index in [1.54, 1.807) is 0 Å². The Balaban J connectivity index is 2.65. The zero-order chi connectivity index (χ0) is 10.6. The van der Waals surface area contributed by atoms with E-state index in [0.29, 0.717) is 6.04 Å². The molecule has 82 valence electrons. The molecule has 1 aliphatic rings. The fourth-order valence-electron chi connectivity index (χ4n) is 2.06. The monoisotopic (exact) mass is 199 g/mol. The predicted octanol–water partition coefficient (Wildman–Crippen LogP) is 0.812. The number of amidine groups is 1. The van der Waals surface area contributed by atoms with Gasteiger partial charge in [0.2, 0.25) is 0 Å². The van der Waals surface area contributed by atoms with Gasteiger partial charge in [0.05, 0.1) is 19.3 Å². The van der Waals surface area contributed by atoms with Crippen LogP contribution in [0.15, 0.2) is 0 Å². The second-order valence-electron chi connectivity index (χ2n) is 3.75. The Morgan fingerprint density at radius 1 is 1.64 bits per heavy atom. The number of nitrogens with zero attached hydrogens (tertiary/aromatic N) is 1. The molecule has 0 radical (unpaired) electrons. The zero-order valence-electron chi connectivity index (χ0n) is 9.12. The molecule has 1 aliphatic heterocycles. The standard InChI is InChI=1S/C10H21N3O/c1-3-8-7-14-6-5-13(8)9(4-2)10(11)12/h8-9H,3-7H2,1-2H3,(H3,11,12). The zero-order valence-corrected chi connectivity index (χ0v) is 9.12. The van der Waals surface area contributed by atoms with Gasteiger partial charge in [-0.25, -0.2) is 0 Å². The van der Waals surface area contributed by atoms with Crippen LogP contribution in [0.5, 0.6) is 0 Å². The van der Waals surface area contributed by atoms with Crippen molar-refractivity contribution >= 4 is 5.84 Å². The molecule has 0 aromatic carbocycles. The molecule has 2 atom stereocenters. The third kappa shape index (κ3) is 2.45. The lowest BCUT2D eigenvalue weighted by Crippen LogP contribution is -2.54. The highest BCUT2D eigenvalue weighted by Gasteiger charge is 2.28. The normalized spacial score (nSPS) is 26.0. The van der Waals surface area contributed by atoms with Crippen LogP contribution in [0.3, 0.4) is 0 Å². The third-order valence-corrected chi connectivity index (χ3v) is 2.89. The van der Waals surface area contributed by atoms with Gasteiger partial charge < -0.3 is 10.5 Å². The summed E-state index contributed by atoms with van der Waals surface area (Å²) in [7, 11) is 0. The Labute approximate surface area is 85.9 Å². The van der Waals surface area contributed by atoms with Gasteiger partial charge in [-0.15, -0.1) is 0 Å². The van der Waals surface area contributed by atoms with Crippen molar-refractivity contribution in [3.63, 3.8) is 0 Å². The third-order valence-electron chi connectivity index (χ3n) is 2.89. The van der Waals surface area contributed by atoms with E-state index in [4.69, 9.17) is 15.9 Å². The van der Waals surface area contributed by atoms with E-state index in [1.807, 2.05) is 0 Å².